The lowest BCUT2D eigenvalue weighted by Gasteiger charge is -2.31. The number of amides is 1. The molecule has 2 aromatic rings. The molecule has 0 radical (unpaired) electrons. The molecule has 0 saturated heterocycles. The summed E-state index contributed by atoms with van der Waals surface area (Å²) in [6.07, 6.45) is -0.00766. The highest BCUT2D eigenvalue weighted by atomic mass is 35.5. The summed E-state index contributed by atoms with van der Waals surface area (Å²) in [7, 11) is -3.62. The van der Waals surface area contributed by atoms with Gasteiger partial charge in [-0.1, -0.05) is 42.5 Å². The van der Waals surface area contributed by atoms with Crippen LogP contribution in [0.1, 0.15) is 30.2 Å². The van der Waals surface area contributed by atoms with Gasteiger partial charge in [0, 0.05) is 0 Å². The van der Waals surface area contributed by atoms with E-state index in [1.807, 2.05) is 37.3 Å². The van der Waals surface area contributed by atoms with E-state index >= 15 is 0 Å². The number of aliphatic hydroxyl groups is 1. The van der Waals surface area contributed by atoms with E-state index in [-0.39, 0.29) is 30.1 Å². The van der Waals surface area contributed by atoms with Gasteiger partial charge in [-0.2, -0.15) is 8.42 Å². The van der Waals surface area contributed by atoms with Crippen molar-refractivity contribution in [3.8, 4) is 5.75 Å². The van der Waals surface area contributed by atoms with Gasteiger partial charge in [0.1, 0.15) is 11.6 Å². The number of nitrogens with zero attached hydrogens (tertiary/aromatic N) is 1. The zero-order valence-corrected chi connectivity index (χ0v) is 16.7. The number of carbonyl (C=O) groups is 1. The summed E-state index contributed by atoms with van der Waals surface area (Å²) in [6.45, 7) is 1.92. The number of rotatable bonds is 8. The minimum absolute atomic E-state index is 0.0495. The first-order valence-electron chi connectivity index (χ1n) is 8.29. The standard InChI is InChI=1S/C19H22ClNO5S/c1-14(15-6-4-3-5-7-15)21(19(23)12-20)13-18(22)16-8-10-17(11-9-16)26-27(2,24)25/h3-11,14,18,22H,12-13H2,1-2H3/t14-,18+/m1/s1. The second-order valence-electron chi connectivity index (χ2n) is 6.14. The van der Waals surface area contributed by atoms with Crippen molar-refractivity contribution < 1.29 is 22.5 Å². The van der Waals surface area contributed by atoms with Gasteiger partial charge in [-0.3, -0.25) is 4.79 Å². The highest BCUT2D eigenvalue weighted by molar-refractivity contribution is 7.86. The fraction of sp³-hybridized carbons (Fsp3) is 0.316. The van der Waals surface area contributed by atoms with Crippen molar-refractivity contribution >= 4 is 27.6 Å². The normalized spacial score (nSPS) is 13.6. The number of hydrogen-bond donors (Lipinski definition) is 1. The van der Waals surface area contributed by atoms with E-state index in [0.29, 0.717) is 5.56 Å². The number of alkyl halides is 1. The van der Waals surface area contributed by atoms with Gasteiger partial charge < -0.3 is 14.2 Å². The van der Waals surface area contributed by atoms with Crippen molar-refractivity contribution in [1.29, 1.82) is 0 Å². The summed E-state index contributed by atoms with van der Waals surface area (Å²) < 4.78 is 27.1. The summed E-state index contributed by atoms with van der Waals surface area (Å²) in [5, 5.41) is 10.6. The Bertz CT molecular complexity index is 855. The molecule has 0 aliphatic heterocycles. The first-order valence-corrected chi connectivity index (χ1v) is 10.6. The average molecular weight is 412 g/mol. The highest BCUT2D eigenvalue weighted by Gasteiger charge is 2.24. The van der Waals surface area contributed by atoms with Crippen LogP contribution in [0.15, 0.2) is 54.6 Å². The molecule has 2 aromatic carbocycles. The number of hydrogen-bond acceptors (Lipinski definition) is 5. The van der Waals surface area contributed by atoms with Crippen molar-refractivity contribution in [3.05, 3.63) is 65.7 Å². The minimum atomic E-state index is -3.62. The molecule has 0 bridgehead atoms. The van der Waals surface area contributed by atoms with Crippen molar-refractivity contribution in [3.63, 3.8) is 0 Å². The Kier molecular flexibility index (Phi) is 7.24. The van der Waals surface area contributed by atoms with Gasteiger partial charge in [0.2, 0.25) is 5.91 Å². The summed E-state index contributed by atoms with van der Waals surface area (Å²) in [5.41, 5.74) is 1.46. The van der Waals surface area contributed by atoms with Crippen LogP contribution >= 0.6 is 11.6 Å². The van der Waals surface area contributed by atoms with E-state index < -0.39 is 16.2 Å². The lowest BCUT2D eigenvalue weighted by atomic mass is 10.0. The largest absolute Gasteiger partial charge is 0.387 e. The molecule has 6 nitrogen and oxygen atoms in total. The van der Waals surface area contributed by atoms with Gasteiger partial charge in [0.25, 0.3) is 0 Å². The van der Waals surface area contributed by atoms with Crippen LogP contribution in [0.4, 0.5) is 0 Å². The minimum Gasteiger partial charge on any atom is -0.387 e. The smallest absolute Gasteiger partial charge is 0.306 e. The van der Waals surface area contributed by atoms with Gasteiger partial charge in [-0.25, -0.2) is 0 Å². The topological polar surface area (TPSA) is 83.9 Å². The summed E-state index contributed by atoms with van der Waals surface area (Å²) >= 11 is 5.74. The first kappa shape index (κ1) is 21.2. The van der Waals surface area contributed by atoms with Crippen LogP contribution in [-0.2, 0) is 14.9 Å². The quantitative estimate of drug-likeness (QED) is 0.533. The second-order valence-corrected chi connectivity index (χ2v) is 7.98. The number of halogens is 1. The highest BCUT2D eigenvalue weighted by Crippen LogP contribution is 2.25. The fourth-order valence-electron chi connectivity index (χ4n) is 2.68. The Morgan fingerprint density at radius 2 is 1.70 bits per heavy atom. The van der Waals surface area contributed by atoms with Crippen LogP contribution < -0.4 is 4.18 Å². The molecule has 0 aromatic heterocycles. The lowest BCUT2D eigenvalue weighted by Crippen LogP contribution is -2.37. The molecule has 2 rings (SSSR count). The Hall–Kier alpha value is -2.09. The van der Waals surface area contributed by atoms with Crippen LogP contribution in [0.25, 0.3) is 0 Å². The molecule has 8 heteroatoms. The SMILES string of the molecule is C[C@H](c1ccccc1)N(C[C@H](O)c1ccc(OS(C)(=O)=O)cc1)C(=O)CCl. The Morgan fingerprint density at radius 3 is 2.22 bits per heavy atom. The maximum atomic E-state index is 12.3. The molecule has 1 amide bonds. The molecule has 0 spiro atoms. The van der Waals surface area contributed by atoms with Gasteiger partial charge in [0.15, 0.2) is 0 Å². The maximum Gasteiger partial charge on any atom is 0.306 e. The third-order valence-corrected chi connectivity index (χ3v) is 4.79. The van der Waals surface area contributed by atoms with E-state index in [1.54, 1.807) is 12.1 Å². The van der Waals surface area contributed by atoms with Gasteiger partial charge >= 0.3 is 10.1 Å². The summed E-state index contributed by atoms with van der Waals surface area (Å²) in [6, 6.07) is 15.2. The Balaban J connectivity index is 2.16. The average Bonchev–Trinajstić information content (AvgIpc) is 2.64. The van der Waals surface area contributed by atoms with E-state index in [2.05, 4.69) is 0 Å². The number of benzene rings is 2. The van der Waals surface area contributed by atoms with Crippen LogP contribution in [-0.4, -0.2) is 43.0 Å². The van der Waals surface area contributed by atoms with Crippen molar-refractivity contribution in [2.24, 2.45) is 0 Å². The molecule has 1 N–H and O–H groups in total. The van der Waals surface area contributed by atoms with E-state index in [0.717, 1.165) is 11.8 Å². The van der Waals surface area contributed by atoms with Crippen molar-refractivity contribution in [1.82, 2.24) is 4.90 Å². The van der Waals surface area contributed by atoms with Crippen LogP contribution in [0, 0.1) is 0 Å². The van der Waals surface area contributed by atoms with Crippen LogP contribution in [0.3, 0.4) is 0 Å². The van der Waals surface area contributed by atoms with Gasteiger partial charge in [-0.15, -0.1) is 11.6 Å². The number of aliphatic hydroxyl groups excluding tert-OH is 1. The van der Waals surface area contributed by atoms with Gasteiger partial charge in [0.05, 0.1) is 24.9 Å². The molecular formula is C19H22ClNO5S. The van der Waals surface area contributed by atoms with E-state index in [9.17, 15) is 18.3 Å². The molecule has 0 unspecified atom stereocenters. The molecule has 27 heavy (non-hydrogen) atoms. The van der Waals surface area contributed by atoms with Gasteiger partial charge in [-0.05, 0) is 30.2 Å². The molecule has 0 aliphatic rings. The van der Waals surface area contributed by atoms with Crippen LogP contribution in [0.2, 0.25) is 0 Å². The van der Waals surface area contributed by atoms with Crippen LogP contribution in [0.5, 0.6) is 5.75 Å². The third-order valence-electron chi connectivity index (χ3n) is 4.07. The van der Waals surface area contributed by atoms with Crippen molar-refractivity contribution in [2.45, 2.75) is 19.1 Å². The predicted octanol–water partition coefficient (Wildman–Crippen LogP) is 2.89. The molecule has 2 atom stereocenters. The second kappa shape index (κ2) is 9.21. The molecular weight excluding hydrogens is 390 g/mol. The maximum absolute atomic E-state index is 12.3. The zero-order valence-electron chi connectivity index (χ0n) is 15.1. The lowest BCUT2D eigenvalue weighted by molar-refractivity contribution is -0.132. The molecule has 0 fully saturated rings. The Morgan fingerprint density at radius 1 is 1.11 bits per heavy atom. The molecule has 146 valence electrons. The fourth-order valence-corrected chi connectivity index (χ4v) is 3.29. The Labute approximate surface area is 164 Å². The van der Waals surface area contributed by atoms with E-state index in [4.69, 9.17) is 15.8 Å². The first-order chi connectivity index (χ1) is 12.7. The monoisotopic (exact) mass is 411 g/mol. The molecule has 0 heterocycles. The summed E-state index contributed by atoms with van der Waals surface area (Å²) in [4.78, 5) is 13.8. The third kappa shape index (κ3) is 6.23. The van der Waals surface area contributed by atoms with E-state index in [1.165, 1.54) is 17.0 Å². The van der Waals surface area contributed by atoms with Crippen molar-refractivity contribution in [2.75, 3.05) is 18.7 Å². The summed E-state index contributed by atoms with van der Waals surface area (Å²) in [5.74, 6) is -0.325. The zero-order chi connectivity index (χ0) is 20.0. The number of carbonyl (C=O) groups excluding carboxylic acids is 1. The molecule has 0 saturated carbocycles. The molecule has 0 aliphatic carbocycles. The predicted molar refractivity (Wildman–Crippen MR) is 104 cm³/mol.